The fourth-order valence-corrected chi connectivity index (χ4v) is 4.73. The SMILES string of the molecule is CCc1ccc(NC(=O)COc2ccccc2/C=C2\SC(=S)N(c3ccc(Cl)cc3)C2=O)cc1. The number of halogens is 1. The number of nitrogens with zero attached hydrogens (tertiary/aromatic N) is 1. The first-order valence-electron chi connectivity index (χ1n) is 10.6. The molecule has 1 aliphatic heterocycles. The Hall–Kier alpha value is -3.13. The van der Waals surface area contributed by atoms with E-state index in [2.05, 4.69) is 12.2 Å². The number of benzene rings is 3. The summed E-state index contributed by atoms with van der Waals surface area (Å²) in [6.07, 6.45) is 2.67. The van der Waals surface area contributed by atoms with Gasteiger partial charge in [-0.15, -0.1) is 0 Å². The van der Waals surface area contributed by atoms with Crippen molar-refractivity contribution in [2.75, 3.05) is 16.8 Å². The second-order valence-electron chi connectivity index (χ2n) is 7.42. The van der Waals surface area contributed by atoms with Crippen LogP contribution in [0.5, 0.6) is 5.75 Å². The molecule has 0 aromatic heterocycles. The highest BCUT2D eigenvalue weighted by molar-refractivity contribution is 8.27. The van der Waals surface area contributed by atoms with Crippen LogP contribution in [0.15, 0.2) is 77.7 Å². The van der Waals surface area contributed by atoms with Crippen LogP contribution in [0.2, 0.25) is 5.02 Å². The Bertz CT molecular complexity index is 1260. The van der Waals surface area contributed by atoms with Crippen LogP contribution in [0.25, 0.3) is 6.08 Å². The van der Waals surface area contributed by atoms with Crippen LogP contribution in [-0.2, 0) is 16.0 Å². The highest BCUT2D eigenvalue weighted by Crippen LogP contribution is 2.37. The van der Waals surface area contributed by atoms with Crippen molar-refractivity contribution in [2.45, 2.75) is 13.3 Å². The molecule has 5 nitrogen and oxygen atoms in total. The molecule has 172 valence electrons. The lowest BCUT2D eigenvalue weighted by Gasteiger charge is -2.14. The maximum atomic E-state index is 13.0. The summed E-state index contributed by atoms with van der Waals surface area (Å²) in [6.45, 7) is 1.92. The van der Waals surface area contributed by atoms with E-state index in [1.165, 1.54) is 22.2 Å². The Kier molecular flexibility index (Phi) is 7.67. The van der Waals surface area contributed by atoms with Crippen LogP contribution in [0.1, 0.15) is 18.1 Å². The standard InChI is InChI=1S/C26H21ClN2O3S2/c1-2-17-7-11-20(12-8-17)28-24(30)16-32-22-6-4-3-5-18(22)15-23-25(31)29(26(33)34-23)21-13-9-19(27)10-14-21/h3-15H,2,16H2,1H3,(H,28,30)/b23-15-. The van der Waals surface area contributed by atoms with Gasteiger partial charge in [-0.1, -0.05) is 72.8 Å². The monoisotopic (exact) mass is 508 g/mol. The Labute approximate surface area is 212 Å². The van der Waals surface area contributed by atoms with Crippen molar-refractivity contribution in [3.05, 3.63) is 93.9 Å². The van der Waals surface area contributed by atoms with Gasteiger partial charge in [-0.3, -0.25) is 14.5 Å². The third-order valence-electron chi connectivity index (χ3n) is 5.09. The quantitative estimate of drug-likeness (QED) is 0.298. The van der Waals surface area contributed by atoms with Crippen LogP contribution >= 0.6 is 35.6 Å². The maximum absolute atomic E-state index is 13.0. The van der Waals surface area contributed by atoms with Gasteiger partial charge in [0.05, 0.1) is 10.6 Å². The van der Waals surface area contributed by atoms with E-state index in [0.717, 1.165) is 6.42 Å². The number of amides is 2. The normalized spacial score (nSPS) is 14.5. The number of para-hydroxylation sites is 1. The molecule has 0 unspecified atom stereocenters. The summed E-state index contributed by atoms with van der Waals surface area (Å²) in [6, 6.07) is 21.9. The molecule has 1 aliphatic rings. The third kappa shape index (κ3) is 5.67. The Morgan fingerprint density at radius 3 is 2.50 bits per heavy atom. The van der Waals surface area contributed by atoms with Gasteiger partial charge in [0.1, 0.15) is 5.75 Å². The lowest BCUT2D eigenvalue weighted by atomic mass is 10.1. The fraction of sp³-hybridized carbons (Fsp3) is 0.115. The molecule has 0 radical (unpaired) electrons. The second-order valence-corrected chi connectivity index (χ2v) is 9.53. The molecule has 1 N–H and O–H groups in total. The first kappa shape index (κ1) is 24.0. The summed E-state index contributed by atoms with van der Waals surface area (Å²) in [5.74, 6) is 0.00394. The van der Waals surface area contributed by atoms with Crippen LogP contribution in [0.4, 0.5) is 11.4 Å². The highest BCUT2D eigenvalue weighted by atomic mass is 35.5. The lowest BCUT2D eigenvalue weighted by Crippen LogP contribution is -2.27. The van der Waals surface area contributed by atoms with Crippen molar-refractivity contribution in [2.24, 2.45) is 0 Å². The number of ether oxygens (including phenoxy) is 1. The van der Waals surface area contributed by atoms with Crippen LogP contribution in [0, 0.1) is 0 Å². The van der Waals surface area contributed by atoms with E-state index in [-0.39, 0.29) is 18.4 Å². The van der Waals surface area contributed by atoms with Crippen LogP contribution in [0.3, 0.4) is 0 Å². The van der Waals surface area contributed by atoms with Crippen molar-refractivity contribution < 1.29 is 14.3 Å². The Morgan fingerprint density at radius 2 is 1.79 bits per heavy atom. The first-order chi connectivity index (χ1) is 16.4. The number of hydrogen-bond donors (Lipinski definition) is 1. The van der Waals surface area contributed by atoms with Crippen molar-refractivity contribution in [1.82, 2.24) is 0 Å². The predicted octanol–water partition coefficient (Wildman–Crippen LogP) is 6.33. The van der Waals surface area contributed by atoms with E-state index in [9.17, 15) is 9.59 Å². The van der Waals surface area contributed by atoms with Gasteiger partial charge in [-0.2, -0.15) is 0 Å². The minimum atomic E-state index is -0.270. The van der Waals surface area contributed by atoms with E-state index in [4.69, 9.17) is 28.6 Å². The van der Waals surface area contributed by atoms with Crippen LogP contribution in [-0.4, -0.2) is 22.7 Å². The molecule has 3 aromatic carbocycles. The largest absolute Gasteiger partial charge is 0.483 e. The fourth-order valence-electron chi connectivity index (χ4n) is 3.32. The molecule has 0 saturated carbocycles. The third-order valence-corrected chi connectivity index (χ3v) is 6.64. The van der Waals surface area contributed by atoms with Crippen molar-refractivity contribution in [3.8, 4) is 5.75 Å². The summed E-state index contributed by atoms with van der Waals surface area (Å²) in [5.41, 5.74) is 3.25. The molecule has 4 rings (SSSR count). The highest BCUT2D eigenvalue weighted by Gasteiger charge is 2.33. The van der Waals surface area contributed by atoms with Crippen LogP contribution < -0.4 is 15.0 Å². The van der Waals surface area contributed by atoms with E-state index < -0.39 is 0 Å². The summed E-state index contributed by atoms with van der Waals surface area (Å²) in [5, 5.41) is 3.41. The molecule has 3 aromatic rings. The zero-order valence-electron chi connectivity index (χ0n) is 18.3. The lowest BCUT2D eigenvalue weighted by molar-refractivity contribution is -0.118. The van der Waals surface area contributed by atoms with E-state index in [1.54, 1.807) is 36.4 Å². The van der Waals surface area contributed by atoms with Gasteiger partial charge in [0.25, 0.3) is 11.8 Å². The zero-order chi connectivity index (χ0) is 24.1. The topological polar surface area (TPSA) is 58.6 Å². The summed E-state index contributed by atoms with van der Waals surface area (Å²) in [4.78, 5) is 27.4. The number of aryl methyl sites for hydroxylation is 1. The van der Waals surface area contributed by atoms with Gasteiger partial charge >= 0.3 is 0 Å². The second kappa shape index (κ2) is 10.9. The predicted molar refractivity (Wildman–Crippen MR) is 143 cm³/mol. The summed E-state index contributed by atoms with van der Waals surface area (Å²) >= 11 is 12.6. The van der Waals surface area contributed by atoms with Crippen molar-refractivity contribution in [3.63, 3.8) is 0 Å². The number of thiocarbonyl (C=S) groups is 1. The Balaban J connectivity index is 1.45. The number of thioether (sulfide) groups is 1. The average Bonchev–Trinajstić information content (AvgIpc) is 3.12. The van der Waals surface area contributed by atoms with E-state index >= 15 is 0 Å². The number of rotatable bonds is 7. The molecule has 0 bridgehead atoms. The molecule has 0 spiro atoms. The summed E-state index contributed by atoms with van der Waals surface area (Å²) < 4.78 is 6.21. The van der Waals surface area contributed by atoms with Gasteiger partial charge in [-0.25, -0.2) is 0 Å². The van der Waals surface area contributed by atoms with Gasteiger partial charge in [0.2, 0.25) is 0 Å². The molecular weight excluding hydrogens is 488 g/mol. The number of carbonyl (C=O) groups excluding carboxylic acids is 2. The Morgan fingerprint density at radius 1 is 1.09 bits per heavy atom. The molecule has 2 amide bonds. The maximum Gasteiger partial charge on any atom is 0.270 e. The van der Waals surface area contributed by atoms with Gasteiger partial charge in [-0.05, 0) is 60.5 Å². The minimum Gasteiger partial charge on any atom is -0.483 e. The smallest absolute Gasteiger partial charge is 0.270 e. The van der Waals surface area contributed by atoms with Gasteiger partial charge < -0.3 is 10.1 Å². The van der Waals surface area contributed by atoms with Crippen molar-refractivity contribution >= 4 is 69.2 Å². The van der Waals surface area contributed by atoms with Crippen molar-refractivity contribution in [1.29, 1.82) is 0 Å². The molecule has 0 aliphatic carbocycles. The summed E-state index contributed by atoms with van der Waals surface area (Å²) in [7, 11) is 0. The van der Waals surface area contributed by atoms with E-state index in [1.807, 2.05) is 42.5 Å². The van der Waals surface area contributed by atoms with E-state index in [0.29, 0.717) is 36.9 Å². The molecule has 1 heterocycles. The number of carbonyl (C=O) groups is 2. The zero-order valence-corrected chi connectivity index (χ0v) is 20.7. The molecule has 0 atom stereocenters. The molecule has 1 saturated heterocycles. The van der Waals surface area contributed by atoms with Gasteiger partial charge in [0, 0.05) is 16.3 Å². The minimum absolute atomic E-state index is 0.161. The molecule has 8 heteroatoms. The molecule has 1 fully saturated rings. The first-order valence-corrected chi connectivity index (χ1v) is 12.2. The molecule has 34 heavy (non-hydrogen) atoms. The molecular formula is C26H21ClN2O3S2. The number of anilines is 2. The number of hydrogen-bond acceptors (Lipinski definition) is 5. The van der Waals surface area contributed by atoms with Gasteiger partial charge in [0.15, 0.2) is 10.9 Å². The number of nitrogens with one attached hydrogen (secondary N) is 1. The average molecular weight is 509 g/mol.